The van der Waals surface area contributed by atoms with E-state index in [9.17, 15) is 27.6 Å². The maximum atomic E-state index is 12.4. The number of sulfonamides is 1. The fourth-order valence-corrected chi connectivity index (χ4v) is 3.96. The van der Waals surface area contributed by atoms with Crippen molar-refractivity contribution in [2.24, 2.45) is 0 Å². The third kappa shape index (κ3) is 4.63. The third-order valence-electron chi connectivity index (χ3n) is 3.75. The number of imide groups is 1. The van der Waals surface area contributed by atoms with Crippen molar-refractivity contribution in [3.63, 3.8) is 0 Å². The molecule has 0 aromatic heterocycles. The van der Waals surface area contributed by atoms with E-state index in [1.165, 1.54) is 31.2 Å². The molecule has 0 saturated heterocycles. The van der Waals surface area contributed by atoms with Gasteiger partial charge in [0.15, 0.2) is 0 Å². The van der Waals surface area contributed by atoms with Gasteiger partial charge in [0.1, 0.15) is 18.1 Å². The molecular weight excluding hydrogens is 390 g/mol. The summed E-state index contributed by atoms with van der Waals surface area (Å²) in [5.74, 6) is -3.05. The van der Waals surface area contributed by atoms with Gasteiger partial charge in [0.25, 0.3) is 15.9 Å². The molecular formula is C18H19NO8S. The normalized spacial score (nSPS) is 14.3. The smallest absolute Gasteiger partial charge is 0.333 e. The first-order valence-electron chi connectivity index (χ1n) is 8.36. The number of nitrogens with zero attached hydrogens (tertiary/aromatic N) is 1. The van der Waals surface area contributed by atoms with Crippen molar-refractivity contribution in [1.82, 2.24) is 4.31 Å². The molecule has 0 atom stereocenters. The van der Waals surface area contributed by atoms with Crippen LogP contribution >= 0.6 is 0 Å². The third-order valence-corrected chi connectivity index (χ3v) is 5.51. The number of esters is 2. The van der Waals surface area contributed by atoms with E-state index in [1.54, 1.807) is 0 Å². The first kappa shape index (κ1) is 21.3. The Hall–Kier alpha value is -3.01. The second-order valence-electron chi connectivity index (χ2n) is 5.95. The van der Waals surface area contributed by atoms with Crippen molar-refractivity contribution < 1.29 is 37.1 Å². The summed E-state index contributed by atoms with van der Waals surface area (Å²) < 4.78 is 34.5. The summed E-state index contributed by atoms with van der Waals surface area (Å²) in [4.78, 5) is 47.0. The Labute approximate surface area is 162 Å². The van der Waals surface area contributed by atoms with Crippen LogP contribution in [0.4, 0.5) is 0 Å². The molecule has 10 heteroatoms. The van der Waals surface area contributed by atoms with Crippen LogP contribution in [-0.4, -0.2) is 49.7 Å². The number of rotatable bonds is 8. The van der Waals surface area contributed by atoms with Crippen molar-refractivity contribution in [2.75, 3.05) is 13.2 Å². The van der Waals surface area contributed by atoms with Crippen molar-refractivity contribution in [2.45, 2.75) is 31.1 Å². The lowest BCUT2D eigenvalue weighted by atomic mass is 10.2. The van der Waals surface area contributed by atoms with Crippen molar-refractivity contribution in [1.29, 1.82) is 0 Å². The standard InChI is InChI=1S/C18H19NO8S/c1-12(2)18(23)27-11-10-26-16(21)9-5-8-15(20)19-17(22)13-6-3-4-7-14(13)28(19,24)25/h3-4,6-7H,1,5,8-11H2,2H3. The molecule has 0 fully saturated rings. The molecule has 1 aromatic carbocycles. The second-order valence-corrected chi connectivity index (χ2v) is 7.71. The molecule has 1 aliphatic rings. The zero-order chi connectivity index (χ0) is 20.9. The lowest BCUT2D eigenvalue weighted by Gasteiger charge is -2.12. The Morgan fingerprint density at radius 2 is 1.71 bits per heavy atom. The minimum atomic E-state index is -4.22. The summed E-state index contributed by atoms with van der Waals surface area (Å²) in [5.41, 5.74) is 0.165. The van der Waals surface area contributed by atoms with E-state index in [-0.39, 0.29) is 52.8 Å². The second kappa shape index (κ2) is 8.79. The highest BCUT2D eigenvalue weighted by Crippen LogP contribution is 2.30. The van der Waals surface area contributed by atoms with Crippen LogP contribution < -0.4 is 0 Å². The van der Waals surface area contributed by atoms with Gasteiger partial charge in [-0.1, -0.05) is 18.7 Å². The van der Waals surface area contributed by atoms with Crippen LogP contribution in [0.15, 0.2) is 41.3 Å². The molecule has 2 amide bonds. The van der Waals surface area contributed by atoms with E-state index < -0.39 is 33.8 Å². The van der Waals surface area contributed by atoms with Crippen molar-refractivity contribution in [3.8, 4) is 0 Å². The van der Waals surface area contributed by atoms with Crippen LogP contribution in [0.25, 0.3) is 0 Å². The van der Waals surface area contributed by atoms with Gasteiger partial charge >= 0.3 is 11.9 Å². The fourth-order valence-electron chi connectivity index (χ4n) is 2.40. The minimum Gasteiger partial charge on any atom is -0.462 e. The zero-order valence-electron chi connectivity index (χ0n) is 15.2. The van der Waals surface area contributed by atoms with Crippen LogP contribution in [0.2, 0.25) is 0 Å². The number of hydrogen-bond donors (Lipinski definition) is 0. The largest absolute Gasteiger partial charge is 0.462 e. The van der Waals surface area contributed by atoms with Gasteiger partial charge in [0.05, 0.1) is 5.56 Å². The van der Waals surface area contributed by atoms with Gasteiger partial charge in [-0.25, -0.2) is 13.2 Å². The molecule has 0 unspecified atom stereocenters. The maximum absolute atomic E-state index is 12.4. The summed E-state index contributed by atoms with van der Waals surface area (Å²) in [5, 5.41) is 0. The predicted octanol–water partition coefficient (Wildman–Crippen LogP) is 1.19. The minimum absolute atomic E-state index is 0.00113. The van der Waals surface area contributed by atoms with E-state index in [2.05, 4.69) is 6.58 Å². The summed E-state index contributed by atoms with van der Waals surface area (Å²) in [6.45, 7) is 4.60. The van der Waals surface area contributed by atoms with Gasteiger partial charge in [-0.2, -0.15) is 4.31 Å². The van der Waals surface area contributed by atoms with Crippen LogP contribution in [0.3, 0.4) is 0 Å². The monoisotopic (exact) mass is 409 g/mol. The molecule has 150 valence electrons. The Morgan fingerprint density at radius 3 is 2.36 bits per heavy atom. The average Bonchev–Trinajstić information content (AvgIpc) is 2.84. The van der Waals surface area contributed by atoms with E-state index in [1.807, 2.05) is 0 Å². The number of fused-ring (bicyclic) bond motifs is 1. The molecule has 0 aliphatic carbocycles. The number of hydrogen-bond acceptors (Lipinski definition) is 8. The Balaban J connectivity index is 1.79. The summed E-state index contributed by atoms with van der Waals surface area (Å²) in [7, 11) is -4.22. The molecule has 0 N–H and O–H groups in total. The number of amides is 2. The van der Waals surface area contributed by atoms with Crippen LogP contribution in [0, 0.1) is 0 Å². The molecule has 0 spiro atoms. The van der Waals surface area contributed by atoms with E-state index in [0.717, 1.165) is 0 Å². The predicted molar refractivity (Wildman–Crippen MR) is 95.4 cm³/mol. The quantitative estimate of drug-likeness (QED) is 0.356. The van der Waals surface area contributed by atoms with E-state index in [4.69, 9.17) is 9.47 Å². The molecule has 2 rings (SSSR count). The Bertz CT molecular complexity index is 935. The lowest BCUT2D eigenvalue weighted by molar-refractivity contribution is -0.150. The fraction of sp³-hybridized carbons (Fsp3) is 0.333. The average molecular weight is 409 g/mol. The number of carbonyl (C=O) groups is 4. The highest BCUT2D eigenvalue weighted by Gasteiger charge is 2.44. The van der Waals surface area contributed by atoms with E-state index >= 15 is 0 Å². The van der Waals surface area contributed by atoms with E-state index in [0.29, 0.717) is 0 Å². The summed E-state index contributed by atoms with van der Waals surface area (Å²) in [6, 6.07) is 5.56. The lowest BCUT2D eigenvalue weighted by Crippen LogP contribution is -2.36. The first-order chi connectivity index (χ1) is 13.2. The zero-order valence-corrected chi connectivity index (χ0v) is 16.0. The van der Waals surface area contributed by atoms with Gasteiger partial charge in [-0.05, 0) is 25.5 Å². The number of ether oxygens (including phenoxy) is 2. The first-order valence-corrected chi connectivity index (χ1v) is 9.80. The maximum Gasteiger partial charge on any atom is 0.333 e. The molecule has 1 aliphatic heterocycles. The van der Waals surface area contributed by atoms with Gasteiger partial charge in [-0.15, -0.1) is 0 Å². The molecule has 0 bridgehead atoms. The SMILES string of the molecule is C=C(C)C(=O)OCCOC(=O)CCCC(=O)N1C(=O)c2ccccc2S1(=O)=O. The highest BCUT2D eigenvalue weighted by molar-refractivity contribution is 7.90. The molecule has 0 radical (unpaired) electrons. The van der Waals surface area contributed by atoms with Gasteiger partial charge in [-0.3, -0.25) is 14.4 Å². The summed E-state index contributed by atoms with van der Waals surface area (Å²) in [6.07, 6.45) is -0.479. The van der Waals surface area contributed by atoms with Crippen molar-refractivity contribution in [3.05, 3.63) is 42.0 Å². The molecule has 9 nitrogen and oxygen atoms in total. The molecule has 1 aromatic rings. The van der Waals surface area contributed by atoms with Crippen molar-refractivity contribution >= 4 is 33.8 Å². The van der Waals surface area contributed by atoms with Gasteiger partial charge in [0, 0.05) is 18.4 Å². The molecule has 0 saturated carbocycles. The highest BCUT2D eigenvalue weighted by atomic mass is 32.2. The summed E-state index contributed by atoms with van der Waals surface area (Å²) >= 11 is 0. The van der Waals surface area contributed by atoms with Crippen LogP contribution in [0.1, 0.15) is 36.5 Å². The topological polar surface area (TPSA) is 124 Å². The molecule has 28 heavy (non-hydrogen) atoms. The Morgan fingerprint density at radius 1 is 1.07 bits per heavy atom. The van der Waals surface area contributed by atoms with Crippen LogP contribution in [0.5, 0.6) is 0 Å². The van der Waals surface area contributed by atoms with Crippen LogP contribution in [-0.2, 0) is 33.9 Å². The number of carbonyl (C=O) groups excluding carboxylic acids is 4. The van der Waals surface area contributed by atoms with Gasteiger partial charge in [0.2, 0.25) is 5.91 Å². The molecule has 1 heterocycles. The van der Waals surface area contributed by atoms with Gasteiger partial charge < -0.3 is 9.47 Å². The number of benzene rings is 1. The Kier molecular flexibility index (Phi) is 6.68.